The van der Waals surface area contributed by atoms with Gasteiger partial charge in [-0.25, -0.2) is 0 Å². The van der Waals surface area contributed by atoms with Gasteiger partial charge in [0.05, 0.1) is 0 Å². The molecule has 9 heteroatoms. The van der Waals surface area contributed by atoms with E-state index in [0.717, 1.165) is 42.7 Å². The molecule has 1 aliphatic rings. The molecule has 1 aliphatic carbocycles. The molecule has 5 rings (SSSR count). The molecule has 1 saturated carbocycles. The zero-order valence-corrected chi connectivity index (χ0v) is 20.8. The average Bonchev–Trinajstić information content (AvgIpc) is 3.40. The highest BCUT2D eigenvalue weighted by Gasteiger charge is 2.24. The molecule has 194 valence electrons. The van der Waals surface area contributed by atoms with Crippen LogP contribution in [-0.4, -0.2) is 27.2 Å². The van der Waals surface area contributed by atoms with Crippen LogP contribution in [0.5, 0.6) is 0 Å². The zero-order valence-electron chi connectivity index (χ0n) is 20.8. The second-order valence-electron chi connectivity index (χ2n) is 9.50. The number of nitrogens with one attached hydrogen (secondary N) is 3. The Labute approximate surface area is 220 Å². The van der Waals surface area contributed by atoms with Crippen LogP contribution in [0.15, 0.2) is 83.3 Å². The fraction of sp³-hybridized carbons (Fsp3) is 0.241. The van der Waals surface area contributed by atoms with E-state index in [1.54, 1.807) is 0 Å². The molecule has 0 spiro atoms. The van der Waals surface area contributed by atoms with Gasteiger partial charge in [-0.3, -0.25) is 9.59 Å². The molecular weight excluding hydrogens is 482 g/mol. The lowest BCUT2D eigenvalue weighted by Gasteiger charge is -2.28. The van der Waals surface area contributed by atoms with Gasteiger partial charge in [0.1, 0.15) is 0 Å². The number of rotatable bonds is 9. The Hall–Kier alpha value is -4.66. The minimum atomic E-state index is -0.719. The van der Waals surface area contributed by atoms with Crippen molar-refractivity contribution >= 4 is 40.6 Å². The molecule has 1 aromatic heterocycles. The molecule has 9 nitrogen and oxygen atoms in total. The lowest BCUT2D eigenvalue weighted by molar-refractivity contribution is -0.138. The summed E-state index contributed by atoms with van der Waals surface area (Å²) in [5, 5.41) is 25.9. The Kier molecular flexibility index (Phi) is 7.63. The van der Waals surface area contributed by atoms with Crippen LogP contribution in [0, 0.1) is 5.92 Å². The predicted molar refractivity (Wildman–Crippen MR) is 145 cm³/mol. The average molecular weight is 512 g/mol. The number of aliphatic carboxylic acids is 1. The van der Waals surface area contributed by atoms with Crippen LogP contribution in [0.4, 0.5) is 28.8 Å². The number of amides is 1. The summed E-state index contributed by atoms with van der Waals surface area (Å²) in [6, 6.07) is 25.3. The molecule has 3 aromatic carbocycles. The maximum atomic E-state index is 12.6. The van der Waals surface area contributed by atoms with E-state index in [-0.39, 0.29) is 24.2 Å². The first-order chi connectivity index (χ1) is 18.5. The third-order valence-corrected chi connectivity index (χ3v) is 6.77. The molecule has 1 amide bonds. The van der Waals surface area contributed by atoms with Gasteiger partial charge < -0.3 is 25.5 Å². The largest absolute Gasteiger partial charge is 0.481 e. The minimum Gasteiger partial charge on any atom is -0.481 e. The van der Waals surface area contributed by atoms with E-state index in [1.165, 1.54) is 5.56 Å². The van der Waals surface area contributed by atoms with Crippen molar-refractivity contribution in [2.45, 2.75) is 38.0 Å². The standard InChI is InChI=1S/C29H29N5O4/c35-26(36)18-19-6-8-20(9-7-19)21-10-12-24(13-11-21)31-27(37)28-33-34-29(38-28)32-25-16-14-23(15-17-25)30-22-4-2-1-3-5-22/h1-5,10-17,19-20,30H,6-9,18H2,(H,31,37)(H,32,34)(H,35,36). The highest BCUT2D eigenvalue weighted by atomic mass is 16.4. The summed E-state index contributed by atoms with van der Waals surface area (Å²) < 4.78 is 5.50. The van der Waals surface area contributed by atoms with Gasteiger partial charge in [-0.1, -0.05) is 35.4 Å². The Morgan fingerprint density at radius 3 is 2.03 bits per heavy atom. The van der Waals surface area contributed by atoms with Crippen molar-refractivity contribution in [3.8, 4) is 0 Å². The number of benzene rings is 3. The molecule has 0 atom stereocenters. The van der Waals surface area contributed by atoms with Gasteiger partial charge in [0.2, 0.25) is 0 Å². The molecule has 0 radical (unpaired) electrons. The van der Waals surface area contributed by atoms with E-state index in [0.29, 0.717) is 11.6 Å². The number of aromatic nitrogens is 2. The number of hydrogen-bond donors (Lipinski definition) is 4. The van der Waals surface area contributed by atoms with Gasteiger partial charge in [-0.2, -0.15) is 0 Å². The van der Waals surface area contributed by atoms with Gasteiger partial charge in [-0.15, -0.1) is 5.10 Å². The summed E-state index contributed by atoms with van der Waals surface area (Å²) in [4.78, 5) is 23.6. The molecule has 0 bridgehead atoms. The van der Waals surface area contributed by atoms with E-state index < -0.39 is 11.9 Å². The number of carboxylic acids is 1. The number of nitrogens with zero attached hydrogens (tertiary/aromatic N) is 2. The maximum absolute atomic E-state index is 12.6. The van der Waals surface area contributed by atoms with Crippen molar-refractivity contribution in [1.82, 2.24) is 10.2 Å². The molecule has 38 heavy (non-hydrogen) atoms. The Bertz CT molecular complexity index is 1360. The topological polar surface area (TPSA) is 129 Å². The van der Waals surface area contributed by atoms with E-state index in [2.05, 4.69) is 26.1 Å². The molecule has 4 N–H and O–H groups in total. The van der Waals surface area contributed by atoms with Crippen molar-refractivity contribution in [1.29, 1.82) is 0 Å². The van der Waals surface area contributed by atoms with Crippen LogP contribution >= 0.6 is 0 Å². The van der Waals surface area contributed by atoms with E-state index in [9.17, 15) is 9.59 Å². The summed E-state index contributed by atoms with van der Waals surface area (Å²) in [6.07, 6.45) is 4.07. The summed E-state index contributed by atoms with van der Waals surface area (Å²) in [5.41, 5.74) is 4.50. The van der Waals surface area contributed by atoms with Crippen molar-refractivity contribution in [3.05, 3.63) is 90.3 Å². The summed E-state index contributed by atoms with van der Waals surface area (Å²) >= 11 is 0. The number of carboxylic acid groups (broad SMARTS) is 1. The fourth-order valence-electron chi connectivity index (χ4n) is 4.78. The minimum absolute atomic E-state index is 0.118. The van der Waals surface area contributed by atoms with Crippen molar-refractivity contribution < 1.29 is 19.1 Å². The molecular formula is C29H29N5O4. The van der Waals surface area contributed by atoms with Crippen LogP contribution in [0.3, 0.4) is 0 Å². The predicted octanol–water partition coefficient (Wildman–Crippen LogP) is 6.56. The Balaban J connectivity index is 1.12. The third-order valence-electron chi connectivity index (χ3n) is 6.77. The fourth-order valence-corrected chi connectivity index (χ4v) is 4.78. The van der Waals surface area contributed by atoms with Crippen molar-refractivity contribution in [2.24, 2.45) is 5.92 Å². The highest BCUT2D eigenvalue weighted by molar-refractivity contribution is 6.00. The highest BCUT2D eigenvalue weighted by Crippen LogP contribution is 2.37. The van der Waals surface area contributed by atoms with E-state index in [4.69, 9.17) is 9.52 Å². The molecule has 4 aromatic rings. The summed E-state index contributed by atoms with van der Waals surface area (Å²) in [5.74, 6) is -0.668. The first-order valence-electron chi connectivity index (χ1n) is 12.7. The first-order valence-corrected chi connectivity index (χ1v) is 12.7. The number of hydrogen-bond acceptors (Lipinski definition) is 7. The molecule has 0 saturated heterocycles. The van der Waals surface area contributed by atoms with Gasteiger partial charge in [0.25, 0.3) is 0 Å². The summed E-state index contributed by atoms with van der Waals surface area (Å²) in [7, 11) is 0. The number of para-hydroxylation sites is 1. The maximum Gasteiger partial charge on any atom is 0.320 e. The van der Waals surface area contributed by atoms with Gasteiger partial charge in [0, 0.05) is 29.2 Å². The van der Waals surface area contributed by atoms with Gasteiger partial charge >= 0.3 is 23.8 Å². The van der Waals surface area contributed by atoms with E-state index in [1.807, 2.05) is 78.9 Å². The van der Waals surface area contributed by atoms with Crippen molar-refractivity contribution in [2.75, 3.05) is 16.0 Å². The second-order valence-corrected chi connectivity index (χ2v) is 9.50. The zero-order chi connectivity index (χ0) is 26.3. The monoisotopic (exact) mass is 511 g/mol. The van der Waals surface area contributed by atoms with Gasteiger partial charge in [-0.05, 0) is 91.6 Å². The molecule has 0 aliphatic heterocycles. The van der Waals surface area contributed by atoms with E-state index >= 15 is 0 Å². The van der Waals surface area contributed by atoms with Crippen LogP contribution < -0.4 is 16.0 Å². The first kappa shape index (κ1) is 25.0. The van der Waals surface area contributed by atoms with Crippen LogP contribution in [-0.2, 0) is 4.79 Å². The Morgan fingerprint density at radius 2 is 1.37 bits per heavy atom. The van der Waals surface area contributed by atoms with Crippen molar-refractivity contribution in [3.63, 3.8) is 0 Å². The second kappa shape index (κ2) is 11.6. The number of carbonyl (C=O) groups is 2. The van der Waals surface area contributed by atoms with Crippen LogP contribution in [0.1, 0.15) is 54.3 Å². The molecule has 1 fully saturated rings. The van der Waals surface area contributed by atoms with Crippen LogP contribution in [0.25, 0.3) is 0 Å². The lowest BCUT2D eigenvalue weighted by atomic mass is 9.77. The molecule has 0 unspecified atom stereocenters. The smallest absolute Gasteiger partial charge is 0.320 e. The van der Waals surface area contributed by atoms with Crippen LogP contribution in [0.2, 0.25) is 0 Å². The SMILES string of the molecule is O=C(O)CC1CCC(c2ccc(NC(=O)c3nnc(Nc4ccc(Nc5ccccc5)cc4)o3)cc2)CC1. The number of carbonyl (C=O) groups excluding carboxylic acids is 1. The number of anilines is 5. The van der Waals surface area contributed by atoms with Gasteiger partial charge in [0.15, 0.2) is 0 Å². The normalized spacial score (nSPS) is 16.9. The lowest BCUT2D eigenvalue weighted by Crippen LogP contribution is -2.16. The third kappa shape index (κ3) is 6.56. The Morgan fingerprint density at radius 1 is 0.763 bits per heavy atom. The quantitative estimate of drug-likeness (QED) is 0.199. The molecule has 1 heterocycles. The summed E-state index contributed by atoms with van der Waals surface area (Å²) in [6.45, 7) is 0.